The molecule has 1 aliphatic heterocycles. The van der Waals surface area contributed by atoms with Crippen LogP contribution < -0.4 is 4.74 Å². The van der Waals surface area contributed by atoms with Crippen molar-refractivity contribution in [1.29, 1.82) is 0 Å². The number of aromatic amines is 1. The second kappa shape index (κ2) is 9.16. The van der Waals surface area contributed by atoms with Crippen LogP contribution in [0.2, 0.25) is 0 Å². The number of carbonyl (C=O) groups is 1. The van der Waals surface area contributed by atoms with E-state index in [2.05, 4.69) is 9.88 Å². The van der Waals surface area contributed by atoms with Gasteiger partial charge < -0.3 is 19.6 Å². The molecule has 2 heterocycles. The third-order valence-corrected chi connectivity index (χ3v) is 8.01. The number of hydrogen-bond acceptors (Lipinski definition) is 4. The van der Waals surface area contributed by atoms with Crippen LogP contribution in [0.15, 0.2) is 36.5 Å². The Morgan fingerprint density at radius 3 is 2.67 bits per heavy atom. The molecule has 0 radical (unpaired) electrons. The van der Waals surface area contributed by atoms with Gasteiger partial charge in [0, 0.05) is 55.2 Å². The van der Waals surface area contributed by atoms with E-state index in [4.69, 9.17) is 9.47 Å². The lowest BCUT2D eigenvalue weighted by Gasteiger charge is -2.55. The van der Waals surface area contributed by atoms with Gasteiger partial charge in [-0.2, -0.15) is 0 Å². The van der Waals surface area contributed by atoms with Crippen LogP contribution in [0.25, 0.3) is 10.9 Å². The fraction of sp³-hybridized carbons (Fsp3) is 0.464. The first-order valence-electron chi connectivity index (χ1n) is 12.3. The highest BCUT2D eigenvalue weighted by molar-refractivity contribution is 5.88. The highest BCUT2D eigenvalue weighted by Gasteiger charge is 2.58. The van der Waals surface area contributed by atoms with Crippen molar-refractivity contribution in [3.63, 3.8) is 0 Å². The minimum Gasteiger partial charge on any atom is -0.496 e. The van der Waals surface area contributed by atoms with Gasteiger partial charge in [-0.05, 0) is 72.7 Å². The number of hydrogen-bond donors (Lipinski definition) is 2. The van der Waals surface area contributed by atoms with Crippen molar-refractivity contribution in [3.05, 3.63) is 64.3 Å². The Bertz CT molecular complexity index is 1290. The Morgan fingerprint density at radius 1 is 1.22 bits per heavy atom. The van der Waals surface area contributed by atoms with E-state index in [0.717, 1.165) is 38.9 Å². The summed E-state index contributed by atoms with van der Waals surface area (Å²) >= 11 is 0. The Hall–Kier alpha value is -2.97. The maximum Gasteiger partial charge on any atom is 0.335 e. The molecule has 192 valence electrons. The third-order valence-electron chi connectivity index (χ3n) is 8.01. The summed E-state index contributed by atoms with van der Waals surface area (Å²) < 4.78 is 39.3. The molecule has 6 nitrogen and oxygen atoms in total. The lowest BCUT2D eigenvalue weighted by Crippen LogP contribution is -2.53. The first kappa shape index (κ1) is 24.7. The van der Waals surface area contributed by atoms with Gasteiger partial charge in [-0.15, -0.1) is 0 Å². The van der Waals surface area contributed by atoms with Crippen molar-refractivity contribution in [2.45, 2.75) is 57.7 Å². The molecule has 2 fully saturated rings. The predicted molar refractivity (Wildman–Crippen MR) is 133 cm³/mol. The second-order valence-corrected chi connectivity index (χ2v) is 10.4. The van der Waals surface area contributed by atoms with E-state index in [-0.39, 0.29) is 31.1 Å². The number of rotatable bonds is 7. The molecule has 2 N–H and O–H groups in total. The van der Waals surface area contributed by atoms with Crippen LogP contribution in [0, 0.1) is 12.3 Å². The summed E-state index contributed by atoms with van der Waals surface area (Å²) in [5, 5.41) is 10.6. The maximum atomic E-state index is 14.0. The van der Waals surface area contributed by atoms with Crippen LogP contribution in [0.5, 0.6) is 5.75 Å². The predicted octanol–water partition coefficient (Wildman–Crippen LogP) is 6.08. The third kappa shape index (κ3) is 4.37. The Balaban J connectivity index is 1.56. The first-order valence-corrected chi connectivity index (χ1v) is 12.3. The first-order chi connectivity index (χ1) is 17.1. The monoisotopic (exact) mass is 498 g/mol. The van der Waals surface area contributed by atoms with Crippen LogP contribution in [0.3, 0.4) is 0 Å². The average Bonchev–Trinajstić information content (AvgIpc) is 3.31. The molecule has 1 atom stereocenters. The molecule has 0 amide bonds. The zero-order valence-electron chi connectivity index (χ0n) is 20.9. The summed E-state index contributed by atoms with van der Waals surface area (Å²) in [6, 6.07) is 9.01. The van der Waals surface area contributed by atoms with Crippen molar-refractivity contribution in [3.8, 4) is 5.75 Å². The second-order valence-electron chi connectivity index (χ2n) is 10.4. The molecular formula is C28H32F2N2O4. The van der Waals surface area contributed by atoms with Crippen LogP contribution in [-0.2, 0) is 17.9 Å². The topological polar surface area (TPSA) is 74.8 Å². The quantitative estimate of drug-likeness (QED) is 0.413. The SMILES string of the molecule is COCc1cc(C(=O)O)ccc1[C@@H]1CC2(CCN1Cc1c(OC)cc(C)c3[nH]ccc13)CC(F)(F)C2. The van der Waals surface area contributed by atoms with E-state index in [9.17, 15) is 18.7 Å². The van der Waals surface area contributed by atoms with Gasteiger partial charge in [0.05, 0.1) is 19.3 Å². The highest BCUT2D eigenvalue weighted by Crippen LogP contribution is 2.60. The number of benzene rings is 2. The van der Waals surface area contributed by atoms with E-state index in [1.807, 2.05) is 31.3 Å². The number of halogens is 2. The minimum absolute atomic E-state index is 0.0902. The number of aromatic carboxylic acids is 1. The molecule has 8 heteroatoms. The molecule has 1 saturated carbocycles. The van der Waals surface area contributed by atoms with Crippen LogP contribution in [0.4, 0.5) is 8.78 Å². The number of ether oxygens (including phenoxy) is 2. The van der Waals surface area contributed by atoms with E-state index < -0.39 is 17.3 Å². The average molecular weight is 499 g/mol. The van der Waals surface area contributed by atoms with Crippen LogP contribution in [-0.4, -0.2) is 47.6 Å². The van der Waals surface area contributed by atoms with Gasteiger partial charge in [0.2, 0.25) is 5.92 Å². The number of likely N-dealkylation sites (tertiary alicyclic amines) is 1. The van der Waals surface area contributed by atoms with Crippen LogP contribution in [0.1, 0.15) is 64.3 Å². The van der Waals surface area contributed by atoms with Gasteiger partial charge in [0.15, 0.2) is 0 Å². The zero-order valence-corrected chi connectivity index (χ0v) is 20.9. The van der Waals surface area contributed by atoms with Gasteiger partial charge >= 0.3 is 5.97 Å². The Labute approximate surface area is 209 Å². The number of fused-ring (bicyclic) bond motifs is 1. The molecule has 1 saturated heterocycles. The zero-order chi connectivity index (χ0) is 25.7. The summed E-state index contributed by atoms with van der Waals surface area (Å²) in [6.07, 6.45) is 3.04. The molecular weight excluding hydrogens is 466 g/mol. The largest absolute Gasteiger partial charge is 0.496 e. The number of aryl methyl sites for hydroxylation is 1. The molecule has 0 unspecified atom stereocenters. The van der Waals surface area contributed by atoms with E-state index >= 15 is 0 Å². The van der Waals surface area contributed by atoms with Gasteiger partial charge in [0.1, 0.15) is 5.75 Å². The van der Waals surface area contributed by atoms with E-state index in [1.165, 1.54) is 0 Å². The summed E-state index contributed by atoms with van der Waals surface area (Å²) in [6.45, 7) is 3.54. The number of alkyl halides is 2. The number of H-pyrrole nitrogens is 1. The van der Waals surface area contributed by atoms with Gasteiger partial charge in [-0.1, -0.05) is 6.07 Å². The van der Waals surface area contributed by atoms with Crippen molar-refractivity contribution in [2.75, 3.05) is 20.8 Å². The van der Waals surface area contributed by atoms with Crippen LogP contribution >= 0.6 is 0 Å². The lowest BCUT2D eigenvalue weighted by atomic mass is 9.58. The van der Waals surface area contributed by atoms with Crippen molar-refractivity contribution in [2.24, 2.45) is 5.41 Å². The highest BCUT2D eigenvalue weighted by atomic mass is 19.3. The Kier molecular flexibility index (Phi) is 6.29. The van der Waals surface area contributed by atoms with Gasteiger partial charge in [0.25, 0.3) is 0 Å². The number of piperidine rings is 1. The molecule has 1 aliphatic carbocycles. The van der Waals surface area contributed by atoms with E-state index in [0.29, 0.717) is 25.9 Å². The summed E-state index contributed by atoms with van der Waals surface area (Å²) in [5.41, 5.74) is 4.70. The number of aromatic nitrogens is 1. The van der Waals surface area contributed by atoms with Crippen molar-refractivity contribution >= 4 is 16.9 Å². The summed E-state index contributed by atoms with van der Waals surface area (Å²) in [7, 11) is 3.24. The van der Waals surface area contributed by atoms with E-state index in [1.54, 1.807) is 26.4 Å². The summed E-state index contributed by atoms with van der Waals surface area (Å²) in [4.78, 5) is 17.3. The summed E-state index contributed by atoms with van der Waals surface area (Å²) in [5.74, 6) is -2.81. The smallest absolute Gasteiger partial charge is 0.335 e. The van der Waals surface area contributed by atoms with Gasteiger partial charge in [-0.3, -0.25) is 4.90 Å². The molecule has 36 heavy (non-hydrogen) atoms. The molecule has 1 spiro atoms. The normalized spacial score (nSPS) is 21.0. The number of methoxy groups -OCH3 is 2. The molecule has 2 aromatic carbocycles. The number of carboxylic acids is 1. The minimum atomic E-state index is -2.60. The van der Waals surface area contributed by atoms with Gasteiger partial charge in [-0.25, -0.2) is 13.6 Å². The molecule has 2 aliphatic rings. The Morgan fingerprint density at radius 2 is 2.00 bits per heavy atom. The fourth-order valence-corrected chi connectivity index (χ4v) is 6.37. The standard InChI is InChI=1S/C28H32F2N2O4/c1-17-10-24(36-3)22(21-6-8-31-25(17)21)13-32-9-7-27(15-28(29,30)16-27)12-23(32)20-5-4-18(26(33)34)11-19(20)14-35-2/h4-6,8,10-11,23,31H,7,9,12-16H2,1-3H3,(H,33,34)/t23-/m0/s1. The number of nitrogens with one attached hydrogen (secondary N) is 1. The molecule has 5 rings (SSSR count). The van der Waals surface area contributed by atoms with Crippen molar-refractivity contribution in [1.82, 2.24) is 9.88 Å². The number of nitrogens with zero attached hydrogens (tertiary/aromatic N) is 1. The maximum absolute atomic E-state index is 14.0. The fourth-order valence-electron chi connectivity index (χ4n) is 6.37. The number of carboxylic acid groups (broad SMARTS) is 1. The molecule has 3 aromatic rings. The van der Waals surface area contributed by atoms with Crippen molar-refractivity contribution < 1.29 is 28.2 Å². The molecule has 0 bridgehead atoms. The lowest BCUT2D eigenvalue weighted by molar-refractivity contribution is -0.186. The molecule has 1 aromatic heterocycles.